The Morgan fingerprint density at radius 2 is 2.00 bits per heavy atom. The number of ether oxygens (including phenoxy) is 1. The van der Waals surface area contributed by atoms with Crippen molar-refractivity contribution < 1.29 is 14.6 Å². The molecule has 1 aliphatic heterocycles. The minimum atomic E-state index is -0.231. The lowest BCUT2D eigenvalue weighted by Crippen LogP contribution is -2.57. The predicted octanol–water partition coefficient (Wildman–Crippen LogP) is 5.70. The number of allylic oxidation sites excluding steroid dienone is 3. The van der Waals surface area contributed by atoms with E-state index in [2.05, 4.69) is 32.2 Å². The fourth-order valence-electron chi connectivity index (χ4n) is 5.27. The fraction of sp³-hybridized carbons (Fsp3) is 0.808. The number of aliphatic hydroxyl groups excluding tert-OH is 1. The van der Waals surface area contributed by atoms with E-state index in [4.69, 9.17) is 4.74 Å². The standard InChI is InChI=1S/C26H45NO3/c1-4-6-7-8-9-18-26(29)30-25-19-23-21(14-10-11-16-22(28)13-5-2)15-12-17-24(23)27-20(25)3/h7-9,18,20-25,27-28H,4-6,10-17,19H2,1-3H3/b8-7+,18-9+/t20?,21?,22?,23-,24+,25+/m0/s1. The van der Waals surface area contributed by atoms with Crippen molar-refractivity contribution in [3.63, 3.8) is 0 Å². The number of rotatable bonds is 12. The Hall–Kier alpha value is -1.13. The molecular weight excluding hydrogens is 374 g/mol. The Kier molecular flexibility index (Phi) is 11.8. The molecule has 2 N–H and O–H groups in total. The van der Waals surface area contributed by atoms with E-state index in [9.17, 15) is 9.90 Å². The van der Waals surface area contributed by atoms with Crippen LogP contribution in [0.15, 0.2) is 24.3 Å². The highest BCUT2D eigenvalue weighted by atomic mass is 16.5. The molecule has 1 saturated heterocycles. The van der Waals surface area contributed by atoms with Crippen molar-refractivity contribution in [2.24, 2.45) is 11.8 Å². The van der Waals surface area contributed by atoms with Crippen LogP contribution >= 0.6 is 0 Å². The highest BCUT2D eigenvalue weighted by Crippen LogP contribution is 2.40. The van der Waals surface area contributed by atoms with Crippen molar-refractivity contribution in [1.82, 2.24) is 5.32 Å². The molecule has 0 aromatic carbocycles. The summed E-state index contributed by atoms with van der Waals surface area (Å²) in [5.41, 5.74) is 0. The van der Waals surface area contributed by atoms with Gasteiger partial charge in [0.2, 0.25) is 0 Å². The maximum absolute atomic E-state index is 12.3. The Labute approximate surface area is 184 Å². The van der Waals surface area contributed by atoms with Crippen LogP contribution in [0.5, 0.6) is 0 Å². The van der Waals surface area contributed by atoms with Gasteiger partial charge in [-0.3, -0.25) is 0 Å². The maximum Gasteiger partial charge on any atom is 0.331 e. The third-order valence-corrected chi connectivity index (χ3v) is 6.94. The molecule has 0 radical (unpaired) electrons. The molecule has 0 aromatic heterocycles. The minimum Gasteiger partial charge on any atom is -0.458 e. The van der Waals surface area contributed by atoms with E-state index in [0.29, 0.717) is 17.9 Å². The molecule has 2 rings (SSSR count). The second-order valence-corrected chi connectivity index (χ2v) is 9.43. The third-order valence-electron chi connectivity index (χ3n) is 6.94. The summed E-state index contributed by atoms with van der Waals surface area (Å²) >= 11 is 0. The summed E-state index contributed by atoms with van der Waals surface area (Å²) in [7, 11) is 0. The van der Waals surface area contributed by atoms with Crippen molar-refractivity contribution in [3.8, 4) is 0 Å². The van der Waals surface area contributed by atoms with Gasteiger partial charge in [0, 0.05) is 18.2 Å². The van der Waals surface area contributed by atoms with E-state index in [1.807, 2.05) is 6.08 Å². The Balaban J connectivity index is 1.82. The molecule has 4 nitrogen and oxygen atoms in total. The third kappa shape index (κ3) is 8.55. The van der Waals surface area contributed by atoms with Gasteiger partial charge in [-0.2, -0.15) is 0 Å². The largest absolute Gasteiger partial charge is 0.458 e. The van der Waals surface area contributed by atoms with Crippen molar-refractivity contribution in [2.75, 3.05) is 0 Å². The summed E-state index contributed by atoms with van der Waals surface area (Å²) in [6, 6.07) is 0.772. The number of carbonyl (C=O) groups is 1. The van der Waals surface area contributed by atoms with Gasteiger partial charge >= 0.3 is 5.97 Å². The molecule has 2 aliphatic rings. The molecule has 2 fully saturated rings. The molecular formula is C26H45NO3. The highest BCUT2D eigenvalue weighted by Gasteiger charge is 2.41. The second kappa shape index (κ2) is 14.0. The van der Waals surface area contributed by atoms with Gasteiger partial charge in [-0.15, -0.1) is 0 Å². The van der Waals surface area contributed by atoms with Gasteiger partial charge in [0.1, 0.15) is 6.10 Å². The maximum atomic E-state index is 12.3. The number of hydrogen-bond donors (Lipinski definition) is 2. The molecule has 6 atom stereocenters. The van der Waals surface area contributed by atoms with Gasteiger partial charge in [-0.1, -0.05) is 77.0 Å². The monoisotopic (exact) mass is 419 g/mol. The number of esters is 1. The topological polar surface area (TPSA) is 58.6 Å². The molecule has 172 valence electrons. The fourth-order valence-corrected chi connectivity index (χ4v) is 5.27. The van der Waals surface area contributed by atoms with Crippen LogP contribution in [0.25, 0.3) is 0 Å². The van der Waals surface area contributed by atoms with Crippen molar-refractivity contribution in [3.05, 3.63) is 24.3 Å². The molecule has 0 spiro atoms. The van der Waals surface area contributed by atoms with E-state index < -0.39 is 0 Å². The lowest BCUT2D eigenvalue weighted by molar-refractivity contribution is -0.148. The molecule has 0 amide bonds. The zero-order valence-electron chi connectivity index (χ0n) is 19.5. The first-order valence-electron chi connectivity index (χ1n) is 12.5. The summed E-state index contributed by atoms with van der Waals surface area (Å²) < 4.78 is 5.84. The van der Waals surface area contributed by atoms with Gasteiger partial charge in [0.15, 0.2) is 0 Å². The van der Waals surface area contributed by atoms with Crippen molar-refractivity contribution >= 4 is 5.97 Å². The Morgan fingerprint density at radius 3 is 2.77 bits per heavy atom. The van der Waals surface area contributed by atoms with Crippen LogP contribution in [0.2, 0.25) is 0 Å². The van der Waals surface area contributed by atoms with Gasteiger partial charge in [0.25, 0.3) is 0 Å². The summed E-state index contributed by atoms with van der Waals surface area (Å²) in [4.78, 5) is 12.3. The lowest BCUT2D eigenvalue weighted by atomic mass is 9.68. The summed E-state index contributed by atoms with van der Waals surface area (Å²) in [5, 5.41) is 13.7. The van der Waals surface area contributed by atoms with Gasteiger partial charge < -0.3 is 15.2 Å². The van der Waals surface area contributed by atoms with Gasteiger partial charge in [-0.05, 0) is 50.9 Å². The predicted molar refractivity (Wildman–Crippen MR) is 124 cm³/mol. The van der Waals surface area contributed by atoms with Crippen LogP contribution in [0.4, 0.5) is 0 Å². The molecule has 30 heavy (non-hydrogen) atoms. The number of unbranched alkanes of at least 4 members (excludes halogenated alkanes) is 2. The zero-order chi connectivity index (χ0) is 21.8. The van der Waals surface area contributed by atoms with Crippen molar-refractivity contribution in [1.29, 1.82) is 0 Å². The van der Waals surface area contributed by atoms with E-state index in [1.165, 1.54) is 32.1 Å². The summed E-state index contributed by atoms with van der Waals surface area (Å²) in [6.45, 7) is 6.42. The van der Waals surface area contributed by atoms with Crippen LogP contribution in [0.3, 0.4) is 0 Å². The minimum absolute atomic E-state index is 0.0463. The molecule has 1 aliphatic carbocycles. The molecule has 0 bridgehead atoms. The lowest BCUT2D eigenvalue weighted by Gasteiger charge is -2.47. The quantitative estimate of drug-likeness (QED) is 0.184. The van der Waals surface area contributed by atoms with Crippen LogP contribution in [0, 0.1) is 11.8 Å². The van der Waals surface area contributed by atoms with E-state index in [1.54, 1.807) is 12.2 Å². The number of aliphatic hydroxyl groups is 1. The Morgan fingerprint density at radius 1 is 1.17 bits per heavy atom. The molecule has 1 heterocycles. The van der Waals surface area contributed by atoms with E-state index in [0.717, 1.165) is 44.9 Å². The average Bonchev–Trinajstić information content (AvgIpc) is 2.72. The first-order chi connectivity index (χ1) is 14.5. The number of piperidine rings is 1. The average molecular weight is 420 g/mol. The summed E-state index contributed by atoms with van der Waals surface area (Å²) in [5.74, 6) is 1.08. The molecule has 0 aromatic rings. The number of hydrogen-bond acceptors (Lipinski definition) is 4. The second-order valence-electron chi connectivity index (χ2n) is 9.43. The van der Waals surface area contributed by atoms with Crippen LogP contribution in [0.1, 0.15) is 97.8 Å². The van der Waals surface area contributed by atoms with Gasteiger partial charge in [-0.25, -0.2) is 4.79 Å². The summed E-state index contributed by atoms with van der Waals surface area (Å²) in [6.07, 6.45) is 20.6. The van der Waals surface area contributed by atoms with Crippen LogP contribution in [-0.2, 0) is 9.53 Å². The number of fused-ring (bicyclic) bond motifs is 1. The highest BCUT2D eigenvalue weighted by molar-refractivity contribution is 5.82. The van der Waals surface area contributed by atoms with Gasteiger partial charge in [0.05, 0.1) is 6.10 Å². The number of carbonyl (C=O) groups excluding carboxylic acids is 1. The molecule has 3 unspecified atom stereocenters. The van der Waals surface area contributed by atoms with Crippen LogP contribution < -0.4 is 5.32 Å². The smallest absolute Gasteiger partial charge is 0.331 e. The Bertz CT molecular complexity index is 544. The van der Waals surface area contributed by atoms with E-state index >= 15 is 0 Å². The van der Waals surface area contributed by atoms with E-state index in [-0.39, 0.29) is 24.2 Å². The van der Waals surface area contributed by atoms with Crippen molar-refractivity contribution in [2.45, 2.75) is 122 Å². The molecule has 1 saturated carbocycles. The van der Waals surface area contributed by atoms with Crippen LogP contribution in [-0.4, -0.2) is 35.4 Å². The normalized spacial score (nSPS) is 30.5. The first kappa shape index (κ1) is 25.1. The SMILES string of the molecule is CCC/C=C/C=C/C(=O)O[C@@H]1C[C@H]2C(CCCCC(O)CCC)CCC[C@H]2NC1C. The molecule has 4 heteroatoms. The first-order valence-corrected chi connectivity index (χ1v) is 12.5. The zero-order valence-corrected chi connectivity index (χ0v) is 19.5. The number of nitrogens with one attached hydrogen (secondary N) is 1.